The van der Waals surface area contributed by atoms with Gasteiger partial charge in [0, 0.05) is 39.3 Å². The second kappa shape index (κ2) is 11.0. The van der Waals surface area contributed by atoms with Gasteiger partial charge in [-0.1, -0.05) is 6.42 Å². The molecule has 0 aromatic carbocycles. The number of rotatable bonds is 6. The summed E-state index contributed by atoms with van der Waals surface area (Å²) in [6.07, 6.45) is 0.235. The number of fused-ring (bicyclic) bond motifs is 1. The molecule has 1 aliphatic carbocycles. The van der Waals surface area contributed by atoms with Gasteiger partial charge >= 0.3 is 6.18 Å². The van der Waals surface area contributed by atoms with Gasteiger partial charge in [0.1, 0.15) is 18.2 Å². The van der Waals surface area contributed by atoms with Crippen molar-refractivity contribution >= 4 is 17.5 Å². The molecule has 2 aromatic rings. The van der Waals surface area contributed by atoms with Crippen molar-refractivity contribution < 1.29 is 36.3 Å². The van der Waals surface area contributed by atoms with E-state index in [2.05, 4.69) is 15.4 Å². The summed E-state index contributed by atoms with van der Waals surface area (Å²) in [4.78, 5) is 28.7. The van der Waals surface area contributed by atoms with Crippen LogP contribution >= 0.6 is 0 Å². The lowest BCUT2D eigenvalue weighted by Crippen LogP contribution is -2.56. The largest absolute Gasteiger partial charge is 0.408 e. The maximum absolute atomic E-state index is 13.2. The van der Waals surface area contributed by atoms with E-state index in [1.807, 2.05) is 5.32 Å². The molecule has 2 atom stereocenters. The molecule has 2 amide bonds. The van der Waals surface area contributed by atoms with Crippen LogP contribution in [-0.2, 0) is 27.3 Å². The number of nitrogens with one attached hydrogen (secondary N) is 2. The van der Waals surface area contributed by atoms with Crippen molar-refractivity contribution in [2.24, 2.45) is 5.73 Å². The average Bonchev–Trinajstić information content (AvgIpc) is 3.34. The summed E-state index contributed by atoms with van der Waals surface area (Å²) in [6, 6.07) is -0.472. The quantitative estimate of drug-likeness (QED) is 0.502. The van der Waals surface area contributed by atoms with Gasteiger partial charge in [-0.3, -0.25) is 9.59 Å². The molecular formula is C22H29F5N6O3. The molecule has 0 bridgehead atoms. The number of methoxy groups -OCH3 is 1. The molecule has 2 unspecified atom stereocenters. The van der Waals surface area contributed by atoms with Crippen LogP contribution in [0.4, 0.5) is 22.0 Å². The summed E-state index contributed by atoms with van der Waals surface area (Å²) in [6.45, 7) is -0.186. The number of alkyl halides is 5. The molecule has 4 rings (SSSR count). The van der Waals surface area contributed by atoms with E-state index in [4.69, 9.17) is 10.5 Å². The number of hydrogen-bond donors (Lipinski definition) is 3. The molecule has 3 heterocycles. The Balaban J connectivity index is 0.000000383. The number of halogens is 5. The normalized spacial score (nSPS) is 23.6. The van der Waals surface area contributed by atoms with Gasteiger partial charge in [-0.15, -0.1) is 0 Å². The highest BCUT2D eigenvalue weighted by Gasteiger charge is 2.56. The Hall–Kier alpha value is -2.87. The van der Waals surface area contributed by atoms with Gasteiger partial charge in [-0.05, 0) is 24.5 Å². The molecule has 0 radical (unpaired) electrons. The summed E-state index contributed by atoms with van der Waals surface area (Å²) in [5.41, 5.74) is 5.22. The van der Waals surface area contributed by atoms with Crippen molar-refractivity contribution in [1.29, 1.82) is 0 Å². The molecule has 4 N–H and O–H groups in total. The second-order valence-corrected chi connectivity index (χ2v) is 9.03. The summed E-state index contributed by atoms with van der Waals surface area (Å²) < 4.78 is 70.1. The van der Waals surface area contributed by atoms with E-state index in [9.17, 15) is 31.5 Å². The maximum atomic E-state index is 13.2. The smallest absolute Gasteiger partial charge is 0.375 e. The van der Waals surface area contributed by atoms with E-state index < -0.39 is 41.9 Å². The van der Waals surface area contributed by atoms with E-state index in [0.717, 1.165) is 6.42 Å². The van der Waals surface area contributed by atoms with Crippen LogP contribution in [0.1, 0.15) is 49.8 Å². The SMILES string of the molecule is COCC(=O)NC1(Cc2cnn3cc(CN)nc3c2)CC(C(F)(F)F)NC1=O.FC1(F)CCCCC1. The summed E-state index contributed by atoms with van der Waals surface area (Å²) >= 11 is 0. The fraction of sp³-hybridized carbons (Fsp3) is 0.636. The third-order valence-corrected chi connectivity index (χ3v) is 6.07. The Labute approximate surface area is 203 Å². The van der Waals surface area contributed by atoms with Crippen LogP contribution in [0.3, 0.4) is 0 Å². The van der Waals surface area contributed by atoms with E-state index >= 15 is 0 Å². The summed E-state index contributed by atoms with van der Waals surface area (Å²) in [7, 11) is 1.27. The van der Waals surface area contributed by atoms with Gasteiger partial charge in [-0.2, -0.15) is 18.3 Å². The Bertz CT molecular complexity index is 1070. The molecule has 14 heteroatoms. The summed E-state index contributed by atoms with van der Waals surface area (Å²) in [5, 5.41) is 8.47. The zero-order valence-electron chi connectivity index (χ0n) is 19.7. The lowest BCUT2D eigenvalue weighted by atomic mass is 9.87. The molecule has 1 saturated carbocycles. The van der Waals surface area contributed by atoms with Gasteiger partial charge in [0.2, 0.25) is 17.7 Å². The molecular weight excluding hydrogens is 491 g/mol. The Morgan fingerprint density at radius 2 is 2.00 bits per heavy atom. The van der Waals surface area contributed by atoms with E-state index in [-0.39, 0.29) is 32.4 Å². The first-order valence-electron chi connectivity index (χ1n) is 11.5. The van der Waals surface area contributed by atoms with Gasteiger partial charge in [0.25, 0.3) is 0 Å². The number of nitrogens with two attached hydrogens (primary N) is 1. The van der Waals surface area contributed by atoms with Crippen molar-refractivity contribution in [1.82, 2.24) is 25.2 Å². The first-order valence-corrected chi connectivity index (χ1v) is 11.5. The predicted molar refractivity (Wildman–Crippen MR) is 118 cm³/mol. The van der Waals surface area contributed by atoms with Crippen molar-refractivity contribution in [2.45, 2.75) is 75.2 Å². The number of aromatic nitrogens is 3. The molecule has 2 aromatic heterocycles. The molecule has 2 fully saturated rings. The van der Waals surface area contributed by atoms with E-state index in [0.29, 0.717) is 29.7 Å². The minimum atomic E-state index is -4.63. The molecule has 36 heavy (non-hydrogen) atoms. The Morgan fingerprint density at radius 1 is 1.31 bits per heavy atom. The maximum Gasteiger partial charge on any atom is 0.408 e. The fourth-order valence-corrected chi connectivity index (χ4v) is 4.30. The number of carbonyl (C=O) groups is 2. The van der Waals surface area contributed by atoms with Crippen LogP contribution < -0.4 is 16.4 Å². The third kappa shape index (κ3) is 6.87. The highest BCUT2D eigenvalue weighted by atomic mass is 19.4. The minimum Gasteiger partial charge on any atom is -0.375 e. The molecule has 9 nitrogen and oxygen atoms in total. The fourth-order valence-electron chi connectivity index (χ4n) is 4.30. The third-order valence-electron chi connectivity index (χ3n) is 6.07. The number of hydrogen-bond acceptors (Lipinski definition) is 6. The van der Waals surface area contributed by atoms with Gasteiger partial charge in [0.15, 0.2) is 5.65 Å². The van der Waals surface area contributed by atoms with Crippen LogP contribution in [-0.4, -0.2) is 63.8 Å². The minimum absolute atomic E-state index is 0.118. The lowest BCUT2D eigenvalue weighted by molar-refractivity contribution is -0.155. The number of carbonyl (C=O) groups excluding carboxylic acids is 2. The molecule has 1 aliphatic heterocycles. The zero-order valence-corrected chi connectivity index (χ0v) is 19.7. The van der Waals surface area contributed by atoms with Crippen molar-refractivity contribution in [3.05, 3.63) is 29.7 Å². The molecule has 1 saturated heterocycles. The van der Waals surface area contributed by atoms with Crippen molar-refractivity contribution in [2.75, 3.05) is 13.7 Å². The van der Waals surface area contributed by atoms with Crippen LogP contribution in [0, 0.1) is 0 Å². The number of imidazole rings is 1. The van der Waals surface area contributed by atoms with Crippen LogP contribution in [0.25, 0.3) is 5.65 Å². The topological polar surface area (TPSA) is 124 Å². The number of nitrogens with zero attached hydrogens (tertiary/aromatic N) is 3. The van der Waals surface area contributed by atoms with Gasteiger partial charge in [0.05, 0.1) is 18.1 Å². The first-order chi connectivity index (χ1) is 16.9. The Kier molecular flexibility index (Phi) is 8.49. The van der Waals surface area contributed by atoms with Crippen molar-refractivity contribution in [3.8, 4) is 0 Å². The zero-order chi connectivity index (χ0) is 26.6. The lowest BCUT2D eigenvalue weighted by Gasteiger charge is -2.28. The Morgan fingerprint density at radius 3 is 2.53 bits per heavy atom. The van der Waals surface area contributed by atoms with Gasteiger partial charge in [-0.25, -0.2) is 18.3 Å². The molecule has 2 aliphatic rings. The second-order valence-electron chi connectivity index (χ2n) is 9.03. The predicted octanol–water partition coefficient (Wildman–Crippen LogP) is 2.27. The van der Waals surface area contributed by atoms with Crippen molar-refractivity contribution in [3.63, 3.8) is 0 Å². The van der Waals surface area contributed by atoms with Crippen LogP contribution in [0.5, 0.6) is 0 Å². The highest BCUT2D eigenvalue weighted by molar-refractivity contribution is 5.94. The summed E-state index contributed by atoms with van der Waals surface area (Å²) in [5.74, 6) is -3.93. The van der Waals surface area contributed by atoms with Crippen LogP contribution in [0.2, 0.25) is 0 Å². The van der Waals surface area contributed by atoms with Crippen LogP contribution in [0.15, 0.2) is 18.5 Å². The monoisotopic (exact) mass is 520 g/mol. The molecule has 0 spiro atoms. The number of amides is 2. The highest BCUT2D eigenvalue weighted by Crippen LogP contribution is 2.34. The first kappa shape index (κ1) is 27.7. The number of ether oxygens (including phenoxy) is 1. The van der Waals surface area contributed by atoms with E-state index in [1.165, 1.54) is 17.8 Å². The van der Waals surface area contributed by atoms with E-state index in [1.54, 1.807) is 12.3 Å². The molecule has 200 valence electrons. The van der Waals surface area contributed by atoms with Gasteiger partial charge < -0.3 is 21.1 Å². The average molecular weight is 521 g/mol. The standard InChI is InChI=1S/C16H19F3N6O3.C6H10F2/c1-28-8-13(26)24-15(4-11(16(17,18)19)23-14(15)27)3-9-2-12-22-10(5-20)7-25(12)21-6-9;7-6(8)4-2-1-3-5-6/h2,6-7,11H,3-5,8,20H2,1H3,(H,23,27)(H,24,26);1-5H2.